The number of nitrogens with one attached hydrogen (secondary N) is 1. The molecule has 0 aromatic heterocycles. The Labute approximate surface area is 141 Å². The van der Waals surface area contributed by atoms with Gasteiger partial charge in [-0.25, -0.2) is 13.2 Å². The Balaban J connectivity index is 1.97. The Kier molecular flexibility index (Phi) is 5.90. The second-order valence-corrected chi connectivity index (χ2v) is 5.20. The average Bonchev–Trinajstić information content (AvgIpc) is 2.58. The van der Waals surface area contributed by atoms with E-state index < -0.39 is 35.2 Å². The van der Waals surface area contributed by atoms with Gasteiger partial charge in [0.1, 0.15) is 23.5 Å². The highest BCUT2D eigenvalue weighted by Gasteiger charge is 2.19. The summed E-state index contributed by atoms with van der Waals surface area (Å²) in [6.45, 7) is 0. The van der Waals surface area contributed by atoms with Crippen LogP contribution in [-0.2, 0) is 4.79 Å². The first-order valence-electron chi connectivity index (χ1n) is 7.34. The van der Waals surface area contributed by atoms with E-state index in [2.05, 4.69) is 5.32 Å². The van der Waals surface area contributed by atoms with E-state index in [1.54, 1.807) is 6.07 Å². The molecule has 0 saturated heterocycles. The van der Waals surface area contributed by atoms with Crippen LogP contribution in [0.1, 0.15) is 34.8 Å². The third kappa shape index (κ3) is 4.67. The van der Waals surface area contributed by atoms with Crippen LogP contribution in [0.4, 0.5) is 13.2 Å². The standard InChI is InChI=1S/C18H13F3N2O2/c19-11-5-6-13(15(21)9-11)17(24)7-8-18(25)23-16(10-22)12-3-1-2-4-14(12)20/h1-6,9,16H,7-8H2,(H,23,25)/t16-/m0/s1. The first kappa shape index (κ1) is 18.2. The maximum Gasteiger partial charge on any atom is 0.221 e. The van der Waals surface area contributed by atoms with Crippen molar-refractivity contribution >= 4 is 11.7 Å². The van der Waals surface area contributed by atoms with Gasteiger partial charge in [-0.2, -0.15) is 5.26 Å². The third-order valence-electron chi connectivity index (χ3n) is 3.46. The summed E-state index contributed by atoms with van der Waals surface area (Å²) in [7, 11) is 0. The van der Waals surface area contributed by atoms with Crippen LogP contribution in [0.25, 0.3) is 0 Å². The van der Waals surface area contributed by atoms with Gasteiger partial charge in [0, 0.05) is 24.5 Å². The number of nitrogens with zero attached hydrogens (tertiary/aromatic N) is 1. The number of carbonyl (C=O) groups is 2. The van der Waals surface area contributed by atoms with Crippen molar-refractivity contribution in [2.45, 2.75) is 18.9 Å². The summed E-state index contributed by atoms with van der Waals surface area (Å²) in [5.41, 5.74) is -0.311. The molecule has 0 aliphatic rings. The number of Topliss-reactive ketones (excluding diaryl/α,β-unsaturated/α-hetero) is 1. The Morgan fingerprint density at radius 2 is 1.76 bits per heavy atom. The Morgan fingerprint density at radius 3 is 2.40 bits per heavy atom. The van der Waals surface area contributed by atoms with E-state index in [0.717, 1.165) is 18.2 Å². The molecule has 0 aliphatic heterocycles. The van der Waals surface area contributed by atoms with Crippen LogP contribution in [0, 0.1) is 28.8 Å². The lowest BCUT2D eigenvalue weighted by Crippen LogP contribution is -2.28. The molecule has 25 heavy (non-hydrogen) atoms. The summed E-state index contributed by atoms with van der Waals surface area (Å²) < 4.78 is 40.0. The summed E-state index contributed by atoms with van der Waals surface area (Å²) in [4.78, 5) is 23.8. The molecule has 0 fully saturated rings. The minimum absolute atomic E-state index is 0.00857. The summed E-state index contributed by atoms with van der Waals surface area (Å²) in [6.07, 6.45) is -0.647. The molecule has 0 spiro atoms. The second-order valence-electron chi connectivity index (χ2n) is 5.20. The molecule has 2 aromatic carbocycles. The van der Waals surface area contributed by atoms with Gasteiger partial charge in [0.25, 0.3) is 0 Å². The maximum atomic E-state index is 13.7. The zero-order chi connectivity index (χ0) is 18.4. The van der Waals surface area contributed by atoms with Crippen LogP contribution in [0.15, 0.2) is 42.5 Å². The highest BCUT2D eigenvalue weighted by molar-refractivity contribution is 5.98. The summed E-state index contributed by atoms with van der Waals surface area (Å²) in [5, 5.41) is 11.4. The molecule has 1 atom stereocenters. The second kappa shape index (κ2) is 8.11. The number of benzene rings is 2. The van der Waals surface area contributed by atoms with Crippen molar-refractivity contribution in [2.24, 2.45) is 0 Å². The number of rotatable bonds is 6. The maximum absolute atomic E-state index is 13.7. The van der Waals surface area contributed by atoms with Gasteiger partial charge in [-0.3, -0.25) is 9.59 Å². The molecule has 0 bridgehead atoms. The fourth-order valence-electron chi connectivity index (χ4n) is 2.20. The molecule has 1 N–H and O–H groups in total. The molecule has 1 amide bonds. The van der Waals surface area contributed by atoms with Gasteiger partial charge >= 0.3 is 0 Å². The van der Waals surface area contributed by atoms with E-state index in [1.807, 2.05) is 0 Å². The molecule has 2 aromatic rings. The zero-order valence-electron chi connectivity index (χ0n) is 12.9. The molecular formula is C18H13F3N2O2. The first-order valence-corrected chi connectivity index (χ1v) is 7.34. The Bertz CT molecular complexity index is 846. The lowest BCUT2D eigenvalue weighted by molar-refractivity contribution is -0.121. The first-order chi connectivity index (χ1) is 11.9. The number of halogens is 3. The number of ketones is 1. The number of hydrogen-bond acceptors (Lipinski definition) is 3. The molecule has 0 aliphatic carbocycles. The Morgan fingerprint density at radius 1 is 1.04 bits per heavy atom. The molecular weight excluding hydrogens is 333 g/mol. The smallest absolute Gasteiger partial charge is 0.221 e. The molecule has 0 radical (unpaired) electrons. The van der Waals surface area contributed by atoms with E-state index in [0.29, 0.717) is 6.07 Å². The van der Waals surface area contributed by atoms with Crippen molar-refractivity contribution in [1.82, 2.24) is 5.32 Å². The SMILES string of the molecule is N#C[C@H](NC(=O)CCC(=O)c1ccc(F)cc1F)c1ccccc1F. The number of nitriles is 1. The van der Waals surface area contributed by atoms with Crippen LogP contribution in [-0.4, -0.2) is 11.7 Å². The van der Waals surface area contributed by atoms with Crippen LogP contribution in [0.3, 0.4) is 0 Å². The average molecular weight is 346 g/mol. The van der Waals surface area contributed by atoms with Gasteiger partial charge in [-0.1, -0.05) is 18.2 Å². The van der Waals surface area contributed by atoms with E-state index >= 15 is 0 Å². The van der Waals surface area contributed by atoms with Crippen LogP contribution in [0.2, 0.25) is 0 Å². The van der Waals surface area contributed by atoms with Crippen LogP contribution in [0.5, 0.6) is 0 Å². The van der Waals surface area contributed by atoms with Crippen LogP contribution < -0.4 is 5.32 Å². The normalized spacial score (nSPS) is 11.4. The highest BCUT2D eigenvalue weighted by Crippen LogP contribution is 2.17. The summed E-state index contributed by atoms with van der Waals surface area (Å²) in [6, 6.07) is 8.59. The minimum atomic E-state index is -1.20. The molecule has 2 rings (SSSR count). The van der Waals surface area contributed by atoms with Crippen molar-refractivity contribution in [3.63, 3.8) is 0 Å². The lowest BCUT2D eigenvalue weighted by atomic mass is 10.0. The van der Waals surface area contributed by atoms with Gasteiger partial charge in [-0.05, 0) is 18.2 Å². The van der Waals surface area contributed by atoms with Gasteiger partial charge in [0.2, 0.25) is 5.91 Å². The molecule has 0 saturated carbocycles. The van der Waals surface area contributed by atoms with Crippen LogP contribution >= 0.6 is 0 Å². The molecule has 0 heterocycles. The fraction of sp³-hybridized carbons (Fsp3) is 0.167. The molecule has 4 nitrogen and oxygen atoms in total. The van der Waals surface area contributed by atoms with E-state index in [1.165, 1.54) is 18.2 Å². The molecule has 128 valence electrons. The third-order valence-corrected chi connectivity index (χ3v) is 3.46. The summed E-state index contributed by atoms with van der Waals surface area (Å²) in [5.74, 6) is -3.79. The molecule has 7 heteroatoms. The predicted octanol–water partition coefficient (Wildman–Crippen LogP) is 3.45. The lowest BCUT2D eigenvalue weighted by Gasteiger charge is -2.12. The number of carbonyl (C=O) groups excluding carboxylic acids is 2. The van der Waals surface area contributed by atoms with E-state index in [9.17, 15) is 22.8 Å². The van der Waals surface area contributed by atoms with Crippen molar-refractivity contribution in [3.8, 4) is 6.07 Å². The minimum Gasteiger partial charge on any atom is -0.337 e. The largest absolute Gasteiger partial charge is 0.337 e. The van der Waals surface area contributed by atoms with Crippen molar-refractivity contribution < 1.29 is 22.8 Å². The molecule has 0 unspecified atom stereocenters. The quantitative estimate of drug-likeness (QED) is 0.815. The fourth-order valence-corrected chi connectivity index (χ4v) is 2.20. The Hall–Kier alpha value is -3.14. The zero-order valence-corrected chi connectivity index (χ0v) is 12.9. The van der Waals surface area contributed by atoms with Gasteiger partial charge in [0.05, 0.1) is 11.6 Å². The van der Waals surface area contributed by atoms with Crippen molar-refractivity contribution in [2.75, 3.05) is 0 Å². The van der Waals surface area contributed by atoms with E-state index in [-0.39, 0.29) is 24.0 Å². The topological polar surface area (TPSA) is 70.0 Å². The monoisotopic (exact) mass is 346 g/mol. The van der Waals surface area contributed by atoms with Gasteiger partial charge in [-0.15, -0.1) is 0 Å². The van der Waals surface area contributed by atoms with Gasteiger partial charge in [0.15, 0.2) is 5.78 Å². The van der Waals surface area contributed by atoms with E-state index in [4.69, 9.17) is 5.26 Å². The summed E-state index contributed by atoms with van der Waals surface area (Å²) >= 11 is 0. The van der Waals surface area contributed by atoms with Gasteiger partial charge < -0.3 is 5.32 Å². The van der Waals surface area contributed by atoms with Crippen molar-refractivity contribution in [1.29, 1.82) is 5.26 Å². The predicted molar refractivity (Wildman–Crippen MR) is 82.8 cm³/mol. The number of amides is 1. The highest BCUT2D eigenvalue weighted by atomic mass is 19.1. The van der Waals surface area contributed by atoms with Crippen molar-refractivity contribution in [3.05, 3.63) is 71.0 Å². The number of hydrogen-bond donors (Lipinski definition) is 1.